The minimum atomic E-state index is -0.481. The van der Waals surface area contributed by atoms with Gasteiger partial charge < -0.3 is 10.0 Å². The maximum absolute atomic E-state index is 12.4. The van der Waals surface area contributed by atoms with E-state index < -0.39 is 6.10 Å². The van der Waals surface area contributed by atoms with E-state index in [-0.39, 0.29) is 11.9 Å². The number of aromatic nitrogens is 2. The van der Waals surface area contributed by atoms with E-state index in [1.807, 2.05) is 30.3 Å². The Kier molecular flexibility index (Phi) is 3.75. The highest BCUT2D eigenvalue weighted by Crippen LogP contribution is 2.23. The van der Waals surface area contributed by atoms with Gasteiger partial charge in [0.05, 0.1) is 12.1 Å². The fourth-order valence-corrected chi connectivity index (χ4v) is 3.03. The van der Waals surface area contributed by atoms with Crippen molar-refractivity contribution in [2.24, 2.45) is 0 Å². The van der Waals surface area contributed by atoms with Gasteiger partial charge in [0.2, 0.25) is 0 Å². The van der Waals surface area contributed by atoms with Crippen LogP contribution in [0.5, 0.6) is 0 Å². The molecule has 1 amide bonds. The lowest BCUT2D eigenvalue weighted by atomic mass is 10.0. The Morgan fingerprint density at radius 1 is 1.40 bits per heavy atom. The van der Waals surface area contributed by atoms with Gasteiger partial charge >= 0.3 is 0 Å². The number of carbonyl (C=O) groups is 1. The van der Waals surface area contributed by atoms with E-state index >= 15 is 0 Å². The maximum atomic E-state index is 12.4. The summed E-state index contributed by atoms with van der Waals surface area (Å²) in [6.07, 6.45) is 0.789. The van der Waals surface area contributed by atoms with E-state index in [0.29, 0.717) is 25.1 Å². The molecule has 3 rings (SSSR count). The van der Waals surface area contributed by atoms with E-state index in [4.69, 9.17) is 0 Å². The molecule has 1 aromatic carbocycles. The third kappa shape index (κ3) is 2.57. The zero-order chi connectivity index (χ0) is 13.9. The minimum absolute atomic E-state index is 0.142. The normalized spacial score (nSPS) is 22.1. The van der Waals surface area contributed by atoms with Crippen LogP contribution in [0.2, 0.25) is 0 Å². The first-order valence-electron chi connectivity index (χ1n) is 6.55. The van der Waals surface area contributed by atoms with Crippen LogP contribution in [-0.2, 0) is 6.42 Å². The van der Waals surface area contributed by atoms with Gasteiger partial charge in [-0.25, -0.2) is 0 Å². The summed E-state index contributed by atoms with van der Waals surface area (Å²) >= 11 is 1.16. The molecule has 104 valence electrons. The van der Waals surface area contributed by atoms with Crippen molar-refractivity contribution in [2.75, 3.05) is 6.54 Å². The molecule has 0 saturated carbocycles. The number of rotatable bonds is 3. The number of aliphatic hydroxyl groups excluding tert-OH is 1. The highest BCUT2D eigenvalue weighted by atomic mass is 32.1. The summed E-state index contributed by atoms with van der Waals surface area (Å²) in [6.45, 7) is 0.565. The van der Waals surface area contributed by atoms with Gasteiger partial charge in [-0.1, -0.05) is 34.8 Å². The number of hydrogen-bond acceptors (Lipinski definition) is 5. The lowest BCUT2D eigenvalue weighted by Crippen LogP contribution is -2.41. The summed E-state index contributed by atoms with van der Waals surface area (Å²) in [5, 5.41) is 15.6. The molecule has 0 radical (unpaired) electrons. The number of amides is 1. The first kappa shape index (κ1) is 13.2. The smallest absolute Gasteiger partial charge is 0.275 e. The topological polar surface area (TPSA) is 66.3 Å². The predicted molar refractivity (Wildman–Crippen MR) is 75.5 cm³/mol. The van der Waals surface area contributed by atoms with Crippen molar-refractivity contribution in [3.8, 4) is 0 Å². The zero-order valence-electron chi connectivity index (χ0n) is 10.8. The highest BCUT2D eigenvalue weighted by Gasteiger charge is 2.36. The van der Waals surface area contributed by atoms with Gasteiger partial charge in [-0.2, -0.15) is 0 Å². The molecule has 20 heavy (non-hydrogen) atoms. The van der Waals surface area contributed by atoms with Crippen LogP contribution in [0.3, 0.4) is 0 Å². The van der Waals surface area contributed by atoms with E-state index in [2.05, 4.69) is 9.59 Å². The molecule has 5 nitrogen and oxygen atoms in total. The monoisotopic (exact) mass is 289 g/mol. The molecule has 2 atom stereocenters. The van der Waals surface area contributed by atoms with E-state index in [1.165, 1.54) is 0 Å². The van der Waals surface area contributed by atoms with Crippen LogP contribution >= 0.6 is 11.5 Å². The molecular weight excluding hydrogens is 274 g/mol. The number of aliphatic hydroxyl groups is 1. The Balaban J connectivity index is 1.78. The Morgan fingerprint density at radius 2 is 2.20 bits per heavy atom. The first-order chi connectivity index (χ1) is 9.75. The third-order valence-corrected chi connectivity index (χ3v) is 4.14. The van der Waals surface area contributed by atoms with Crippen LogP contribution < -0.4 is 0 Å². The largest absolute Gasteiger partial charge is 0.391 e. The second-order valence-corrected chi connectivity index (χ2v) is 5.51. The molecule has 0 bridgehead atoms. The number of benzene rings is 1. The number of carbonyl (C=O) groups excluding carboxylic acids is 1. The van der Waals surface area contributed by atoms with Gasteiger partial charge in [0, 0.05) is 11.9 Å². The van der Waals surface area contributed by atoms with Crippen molar-refractivity contribution >= 4 is 17.4 Å². The molecule has 2 heterocycles. The Bertz CT molecular complexity index is 573. The molecular formula is C14H15N3O2S. The lowest BCUT2D eigenvalue weighted by Gasteiger charge is -2.25. The number of nitrogens with zero attached hydrogens (tertiary/aromatic N) is 3. The van der Waals surface area contributed by atoms with Gasteiger partial charge in [-0.15, -0.1) is 5.10 Å². The molecule has 0 aliphatic carbocycles. The first-order valence-corrected chi connectivity index (χ1v) is 7.39. The van der Waals surface area contributed by atoms with Gasteiger partial charge in [0.25, 0.3) is 5.91 Å². The summed E-state index contributed by atoms with van der Waals surface area (Å²) in [6, 6.07) is 9.72. The zero-order valence-corrected chi connectivity index (χ0v) is 11.7. The molecule has 1 saturated heterocycles. The van der Waals surface area contributed by atoms with E-state index in [1.54, 1.807) is 10.3 Å². The van der Waals surface area contributed by atoms with Gasteiger partial charge in [0.1, 0.15) is 0 Å². The summed E-state index contributed by atoms with van der Waals surface area (Å²) in [5.41, 5.74) is 1.48. The fraction of sp³-hybridized carbons (Fsp3) is 0.357. The summed E-state index contributed by atoms with van der Waals surface area (Å²) in [5.74, 6) is -0.142. The molecule has 0 unspecified atom stereocenters. The Labute approximate surface area is 121 Å². The van der Waals surface area contributed by atoms with Crippen molar-refractivity contribution in [3.63, 3.8) is 0 Å². The van der Waals surface area contributed by atoms with E-state index in [9.17, 15) is 9.90 Å². The van der Waals surface area contributed by atoms with Crippen LogP contribution in [-0.4, -0.2) is 44.2 Å². The molecule has 1 aliphatic rings. The number of likely N-dealkylation sites (tertiary alicyclic amines) is 1. The van der Waals surface area contributed by atoms with Crippen LogP contribution in [0.1, 0.15) is 22.5 Å². The summed E-state index contributed by atoms with van der Waals surface area (Å²) in [4.78, 5) is 14.1. The molecule has 1 aromatic heterocycles. The van der Waals surface area contributed by atoms with Crippen LogP contribution in [0, 0.1) is 0 Å². The van der Waals surface area contributed by atoms with Crippen LogP contribution in [0.25, 0.3) is 0 Å². The average molecular weight is 289 g/mol. The van der Waals surface area contributed by atoms with Crippen molar-refractivity contribution < 1.29 is 9.90 Å². The Hall–Kier alpha value is -1.79. The SMILES string of the molecule is O=C(c1csnn1)N1CC[C@H](O)[C@@H]1Cc1ccccc1. The Morgan fingerprint density at radius 3 is 2.90 bits per heavy atom. The van der Waals surface area contributed by atoms with Gasteiger partial charge in [-0.05, 0) is 29.9 Å². The molecule has 1 N–H and O–H groups in total. The quantitative estimate of drug-likeness (QED) is 0.926. The molecule has 0 spiro atoms. The van der Waals surface area contributed by atoms with Crippen molar-refractivity contribution in [2.45, 2.75) is 25.0 Å². The molecule has 1 aliphatic heterocycles. The van der Waals surface area contributed by atoms with Crippen molar-refractivity contribution in [1.82, 2.24) is 14.5 Å². The molecule has 2 aromatic rings. The number of hydrogen-bond donors (Lipinski definition) is 1. The second kappa shape index (κ2) is 5.68. The van der Waals surface area contributed by atoms with Gasteiger partial charge in [-0.3, -0.25) is 4.79 Å². The van der Waals surface area contributed by atoms with Crippen molar-refractivity contribution in [1.29, 1.82) is 0 Å². The van der Waals surface area contributed by atoms with E-state index in [0.717, 1.165) is 17.1 Å². The van der Waals surface area contributed by atoms with Crippen LogP contribution in [0.4, 0.5) is 0 Å². The van der Waals surface area contributed by atoms with Gasteiger partial charge in [0.15, 0.2) is 5.69 Å². The lowest BCUT2D eigenvalue weighted by molar-refractivity contribution is 0.0634. The fourth-order valence-electron chi connectivity index (χ4n) is 2.60. The average Bonchev–Trinajstić information content (AvgIpc) is 3.11. The predicted octanol–water partition coefficient (Wildman–Crippen LogP) is 1.36. The highest BCUT2D eigenvalue weighted by molar-refractivity contribution is 7.03. The van der Waals surface area contributed by atoms with Crippen molar-refractivity contribution in [3.05, 3.63) is 47.0 Å². The summed E-state index contributed by atoms with van der Waals surface area (Å²) in [7, 11) is 0. The molecule has 1 fully saturated rings. The maximum Gasteiger partial charge on any atom is 0.275 e. The third-order valence-electron chi connectivity index (χ3n) is 3.64. The minimum Gasteiger partial charge on any atom is -0.391 e. The second-order valence-electron chi connectivity index (χ2n) is 4.90. The summed E-state index contributed by atoms with van der Waals surface area (Å²) < 4.78 is 3.72. The molecule has 6 heteroatoms. The standard InChI is InChI=1S/C14H15N3O2S/c18-13-6-7-17(14(19)11-9-20-16-15-11)12(13)8-10-4-2-1-3-5-10/h1-5,9,12-13,18H,6-8H2/t12-,13-/m0/s1. The van der Waals surface area contributed by atoms with Crippen LogP contribution in [0.15, 0.2) is 35.7 Å².